The van der Waals surface area contributed by atoms with Crippen LogP contribution in [0.4, 0.5) is 11.5 Å². The number of rotatable bonds is 8. The highest BCUT2D eigenvalue weighted by molar-refractivity contribution is 6.28. The Hall–Kier alpha value is -3.39. The van der Waals surface area contributed by atoms with Crippen LogP contribution in [-0.4, -0.2) is 34.6 Å². The zero-order valence-corrected chi connectivity index (χ0v) is 18.5. The number of para-hydroxylation sites is 1. The van der Waals surface area contributed by atoms with Gasteiger partial charge in [0.15, 0.2) is 11.5 Å². The van der Waals surface area contributed by atoms with E-state index in [4.69, 9.17) is 25.5 Å². The maximum atomic E-state index is 12.3. The number of nitrogens with one attached hydrogen (secondary N) is 1. The number of carbonyl (C=O) groups is 1. The number of carbonyl (C=O) groups excluding carboxylic acids is 1. The first kappa shape index (κ1) is 22.3. The summed E-state index contributed by atoms with van der Waals surface area (Å²) in [6.45, 7) is 5.87. The van der Waals surface area contributed by atoms with E-state index in [1.165, 1.54) is 6.20 Å². The molecule has 1 N–H and O–H groups in total. The second-order valence-electron chi connectivity index (χ2n) is 6.32. The van der Waals surface area contributed by atoms with Gasteiger partial charge in [-0.3, -0.25) is 0 Å². The summed E-state index contributed by atoms with van der Waals surface area (Å²) in [6.07, 6.45) is 5.82. The predicted octanol–water partition coefficient (Wildman–Crippen LogP) is 5.31. The summed E-state index contributed by atoms with van der Waals surface area (Å²) in [4.78, 5) is 24.9. The van der Waals surface area contributed by atoms with Gasteiger partial charge in [-0.25, -0.2) is 14.8 Å². The summed E-state index contributed by atoms with van der Waals surface area (Å²) < 4.78 is 16.7. The van der Waals surface area contributed by atoms with Crippen LogP contribution >= 0.6 is 11.6 Å². The fourth-order valence-electron chi connectivity index (χ4n) is 2.98. The Kier molecular flexibility index (Phi) is 7.25. The fraction of sp³-hybridized carbons (Fsp3) is 0.273. The third-order valence-electron chi connectivity index (χ3n) is 4.34. The highest BCUT2D eigenvalue weighted by Crippen LogP contribution is 2.38. The molecule has 0 unspecified atom stereocenters. The third kappa shape index (κ3) is 4.86. The minimum Gasteiger partial charge on any atom is -0.494 e. The van der Waals surface area contributed by atoms with E-state index in [1.807, 2.05) is 38.1 Å². The Morgan fingerprint density at radius 2 is 2.10 bits per heavy atom. The van der Waals surface area contributed by atoms with Gasteiger partial charge in [0.1, 0.15) is 11.4 Å². The first-order valence-electron chi connectivity index (χ1n) is 9.78. The highest BCUT2D eigenvalue weighted by Gasteiger charge is 2.21. The van der Waals surface area contributed by atoms with E-state index in [2.05, 4.69) is 20.3 Å². The van der Waals surface area contributed by atoms with Crippen molar-refractivity contribution in [2.45, 2.75) is 27.2 Å². The average molecular weight is 443 g/mol. The molecular weight excluding hydrogens is 420 g/mol. The zero-order chi connectivity index (χ0) is 22.4. The molecule has 162 valence electrons. The molecule has 0 saturated carbocycles. The van der Waals surface area contributed by atoms with Crippen LogP contribution in [0.15, 0.2) is 34.9 Å². The molecule has 0 spiro atoms. The predicted molar refractivity (Wildman–Crippen MR) is 119 cm³/mol. The number of aryl methyl sites for hydroxylation is 1. The molecule has 3 rings (SSSR count). The van der Waals surface area contributed by atoms with Crippen molar-refractivity contribution < 1.29 is 18.7 Å². The second-order valence-corrected chi connectivity index (χ2v) is 6.65. The Morgan fingerprint density at radius 1 is 1.29 bits per heavy atom. The van der Waals surface area contributed by atoms with Crippen molar-refractivity contribution in [1.82, 2.24) is 15.0 Å². The first-order chi connectivity index (χ1) is 15.0. The molecule has 0 saturated heterocycles. The molecule has 1 aromatic carbocycles. The minimum absolute atomic E-state index is 0.0121. The maximum absolute atomic E-state index is 12.3. The lowest BCUT2D eigenvalue weighted by molar-refractivity contribution is 0.0526. The van der Waals surface area contributed by atoms with E-state index in [0.717, 1.165) is 12.1 Å². The van der Waals surface area contributed by atoms with Crippen LogP contribution < -0.4 is 10.1 Å². The van der Waals surface area contributed by atoms with Gasteiger partial charge < -0.3 is 19.2 Å². The van der Waals surface area contributed by atoms with Gasteiger partial charge in [-0.05, 0) is 50.1 Å². The summed E-state index contributed by atoms with van der Waals surface area (Å²) >= 11 is 5.95. The normalized spacial score (nSPS) is 11.0. The number of ether oxygens (including phenoxy) is 2. The van der Waals surface area contributed by atoms with Crippen LogP contribution in [0, 0.1) is 0 Å². The van der Waals surface area contributed by atoms with Gasteiger partial charge in [0, 0.05) is 6.20 Å². The number of hydrogen-bond acceptors (Lipinski definition) is 8. The lowest BCUT2D eigenvalue weighted by Crippen LogP contribution is -2.10. The quantitative estimate of drug-likeness (QED) is 0.370. The molecule has 0 aliphatic carbocycles. The van der Waals surface area contributed by atoms with Gasteiger partial charge in [0.2, 0.25) is 11.2 Å². The fourth-order valence-corrected chi connectivity index (χ4v) is 3.11. The SMILES string of the molecule is C/C=C\c1oc(-c2cccc(Nc3nc(Cl)ncc3C(=O)OCC)c2OC)nc1CC. The van der Waals surface area contributed by atoms with Crippen LogP contribution in [0.25, 0.3) is 17.5 Å². The van der Waals surface area contributed by atoms with Crippen molar-refractivity contribution in [2.75, 3.05) is 19.0 Å². The molecule has 0 bridgehead atoms. The zero-order valence-electron chi connectivity index (χ0n) is 17.7. The molecule has 3 aromatic rings. The maximum Gasteiger partial charge on any atom is 0.343 e. The van der Waals surface area contributed by atoms with Crippen molar-refractivity contribution in [3.8, 4) is 17.2 Å². The molecule has 31 heavy (non-hydrogen) atoms. The Balaban J connectivity index is 2.06. The smallest absolute Gasteiger partial charge is 0.343 e. The molecule has 8 nitrogen and oxygen atoms in total. The van der Waals surface area contributed by atoms with E-state index in [0.29, 0.717) is 28.7 Å². The summed E-state index contributed by atoms with van der Waals surface area (Å²) in [5.41, 5.74) is 2.19. The van der Waals surface area contributed by atoms with Gasteiger partial charge in [0.25, 0.3) is 0 Å². The number of esters is 1. The summed E-state index contributed by atoms with van der Waals surface area (Å²) in [6, 6.07) is 5.44. The summed E-state index contributed by atoms with van der Waals surface area (Å²) in [5, 5.41) is 3.09. The lowest BCUT2D eigenvalue weighted by Gasteiger charge is -2.15. The van der Waals surface area contributed by atoms with Crippen molar-refractivity contribution in [3.05, 3.63) is 52.8 Å². The van der Waals surface area contributed by atoms with Gasteiger partial charge in [-0.2, -0.15) is 4.98 Å². The topological polar surface area (TPSA) is 99.4 Å². The molecule has 2 heterocycles. The van der Waals surface area contributed by atoms with Gasteiger partial charge in [-0.1, -0.05) is 19.1 Å². The number of anilines is 2. The molecule has 0 aliphatic heterocycles. The number of aromatic nitrogens is 3. The van der Waals surface area contributed by atoms with Gasteiger partial charge in [-0.15, -0.1) is 0 Å². The molecule has 9 heteroatoms. The molecule has 0 atom stereocenters. The number of halogens is 1. The molecule has 0 amide bonds. The average Bonchev–Trinajstić information content (AvgIpc) is 3.17. The third-order valence-corrected chi connectivity index (χ3v) is 4.52. The largest absolute Gasteiger partial charge is 0.494 e. The molecular formula is C22H23ClN4O4. The Labute approximate surface area is 185 Å². The van der Waals surface area contributed by atoms with Crippen LogP contribution in [0.3, 0.4) is 0 Å². The minimum atomic E-state index is -0.562. The van der Waals surface area contributed by atoms with Gasteiger partial charge in [0.05, 0.1) is 30.7 Å². The van der Waals surface area contributed by atoms with Crippen LogP contribution in [0.5, 0.6) is 5.75 Å². The molecule has 0 fully saturated rings. The summed E-state index contributed by atoms with van der Waals surface area (Å²) in [7, 11) is 1.54. The molecule has 2 aromatic heterocycles. The molecule has 0 aliphatic rings. The van der Waals surface area contributed by atoms with Crippen molar-refractivity contribution in [1.29, 1.82) is 0 Å². The van der Waals surface area contributed by atoms with Crippen molar-refractivity contribution >= 4 is 35.2 Å². The number of hydrogen-bond donors (Lipinski definition) is 1. The monoisotopic (exact) mass is 442 g/mol. The van der Waals surface area contributed by atoms with Crippen molar-refractivity contribution in [2.24, 2.45) is 0 Å². The number of benzene rings is 1. The van der Waals surface area contributed by atoms with Crippen molar-refractivity contribution in [3.63, 3.8) is 0 Å². The number of allylic oxidation sites excluding steroid dienone is 1. The van der Waals surface area contributed by atoms with E-state index in [9.17, 15) is 4.79 Å². The van der Waals surface area contributed by atoms with E-state index >= 15 is 0 Å². The summed E-state index contributed by atoms with van der Waals surface area (Å²) in [5.74, 6) is 1.24. The Bertz CT molecular complexity index is 1110. The van der Waals surface area contributed by atoms with Gasteiger partial charge >= 0.3 is 5.97 Å². The standard InChI is InChI=1S/C22H23ClN4O4/c1-5-9-17-15(6-2)26-20(31-17)13-10-8-11-16(18(13)29-4)25-19-14(21(28)30-7-3)12-24-22(23)27-19/h5,8-12H,6-7H2,1-4H3,(H,24,25,27)/b9-5-. The van der Waals surface area contributed by atoms with E-state index < -0.39 is 5.97 Å². The number of oxazole rings is 1. The lowest BCUT2D eigenvalue weighted by atomic mass is 10.1. The molecule has 0 radical (unpaired) electrons. The second kappa shape index (κ2) is 10.1. The Morgan fingerprint density at radius 3 is 2.77 bits per heavy atom. The first-order valence-corrected chi connectivity index (χ1v) is 10.2. The highest BCUT2D eigenvalue weighted by atomic mass is 35.5. The number of nitrogens with zero attached hydrogens (tertiary/aromatic N) is 3. The van der Waals surface area contributed by atoms with E-state index in [1.54, 1.807) is 20.1 Å². The van der Waals surface area contributed by atoms with E-state index in [-0.39, 0.29) is 23.3 Å². The van der Waals surface area contributed by atoms with Crippen LogP contribution in [0.1, 0.15) is 42.6 Å². The number of methoxy groups -OCH3 is 1. The van der Waals surface area contributed by atoms with Crippen LogP contribution in [-0.2, 0) is 11.2 Å². The van der Waals surface area contributed by atoms with Crippen LogP contribution in [0.2, 0.25) is 5.28 Å².